The van der Waals surface area contributed by atoms with Gasteiger partial charge in [-0.3, -0.25) is 4.79 Å². The zero-order chi connectivity index (χ0) is 16.9. The number of benzene rings is 1. The Morgan fingerprint density at radius 1 is 1.30 bits per heavy atom. The van der Waals surface area contributed by atoms with E-state index in [1.54, 1.807) is 14.0 Å². The second-order valence-electron chi connectivity index (χ2n) is 5.94. The van der Waals surface area contributed by atoms with Gasteiger partial charge in [-0.1, -0.05) is 19.1 Å². The third-order valence-electron chi connectivity index (χ3n) is 4.27. The molecule has 126 valence electrons. The fraction of sp³-hybridized carbons (Fsp3) is 0.529. The molecule has 1 aromatic rings. The lowest BCUT2D eigenvalue weighted by Gasteiger charge is -2.34. The maximum absolute atomic E-state index is 12.4. The van der Waals surface area contributed by atoms with Crippen LogP contribution < -0.4 is 10.1 Å². The molecule has 23 heavy (non-hydrogen) atoms. The lowest BCUT2D eigenvalue weighted by atomic mass is 9.88. The minimum atomic E-state index is -1.20. The van der Waals surface area contributed by atoms with Gasteiger partial charge >= 0.3 is 5.97 Å². The molecular weight excluding hydrogens is 298 g/mol. The minimum Gasteiger partial charge on any atom is -0.497 e. The smallest absolute Gasteiger partial charge is 0.329 e. The van der Waals surface area contributed by atoms with Crippen molar-refractivity contribution in [2.45, 2.75) is 31.7 Å². The number of nitrogens with one attached hydrogen (secondary N) is 1. The molecule has 0 saturated carbocycles. The number of methoxy groups -OCH3 is 1. The quantitative estimate of drug-likeness (QED) is 0.832. The second kappa shape index (κ2) is 7.46. The van der Waals surface area contributed by atoms with Crippen LogP contribution in [0.2, 0.25) is 0 Å². The summed E-state index contributed by atoms with van der Waals surface area (Å²) < 4.78 is 10.3. The van der Waals surface area contributed by atoms with Crippen LogP contribution in [0.5, 0.6) is 5.75 Å². The Morgan fingerprint density at radius 2 is 1.91 bits per heavy atom. The molecule has 1 fully saturated rings. The van der Waals surface area contributed by atoms with Crippen LogP contribution in [0.3, 0.4) is 0 Å². The number of carbonyl (C=O) groups excluding carboxylic acids is 1. The lowest BCUT2D eigenvalue weighted by Crippen LogP contribution is -2.58. The summed E-state index contributed by atoms with van der Waals surface area (Å²) in [5, 5.41) is 12.2. The number of carboxylic acids is 1. The summed E-state index contributed by atoms with van der Waals surface area (Å²) in [4.78, 5) is 24.0. The van der Waals surface area contributed by atoms with Gasteiger partial charge in [-0.2, -0.15) is 0 Å². The van der Waals surface area contributed by atoms with Crippen molar-refractivity contribution in [1.82, 2.24) is 5.32 Å². The van der Waals surface area contributed by atoms with Crippen LogP contribution in [-0.2, 0) is 20.7 Å². The van der Waals surface area contributed by atoms with E-state index in [2.05, 4.69) is 5.32 Å². The monoisotopic (exact) mass is 321 g/mol. The van der Waals surface area contributed by atoms with Crippen molar-refractivity contribution < 1.29 is 24.2 Å². The van der Waals surface area contributed by atoms with Gasteiger partial charge in [-0.15, -0.1) is 0 Å². The molecule has 6 nitrogen and oxygen atoms in total. The van der Waals surface area contributed by atoms with E-state index >= 15 is 0 Å². The van der Waals surface area contributed by atoms with Crippen LogP contribution in [0, 0.1) is 5.92 Å². The van der Waals surface area contributed by atoms with Crippen LogP contribution in [0.15, 0.2) is 24.3 Å². The summed E-state index contributed by atoms with van der Waals surface area (Å²) in [6.45, 7) is 2.49. The average Bonchev–Trinajstić information content (AvgIpc) is 2.56. The largest absolute Gasteiger partial charge is 0.497 e. The summed E-state index contributed by atoms with van der Waals surface area (Å²) in [5.74, 6) is -0.795. The van der Waals surface area contributed by atoms with Crippen LogP contribution in [-0.4, -0.2) is 42.8 Å². The standard InChI is InChI=1S/C17H23NO5/c1-12(11-13-3-5-14(22-2)6-4-13)15(19)18-17(16(20)21)7-9-23-10-8-17/h3-6,12H,7-11H2,1-2H3,(H,18,19)(H,20,21). The zero-order valence-electron chi connectivity index (χ0n) is 13.5. The van der Waals surface area contributed by atoms with Crippen molar-refractivity contribution in [2.75, 3.05) is 20.3 Å². The number of carboxylic acid groups (broad SMARTS) is 1. The molecule has 1 unspecified atom stereocenters. The van der Waals surface area contributed by atoms with E-state index < -0.39 is 11.5 Å². The van der Waals surface area contributed by atoms with Gasteiger partial charge in [0.05, 0.1) is 7.11 Å². The lowest BCUT2D eigenvalue weighted by molar-refractivity contribution is -0.152. The Morgan fingerprint density at radius 3 is 2.43 bits per heavy atom. The third-order valence-corrected chi connectivity index (χ3v) is 4.27. The van der Waals surface area contributed by atoms with Gasteiger partial charge in [-0.05, 0) is 24.1 Å². The molecule has 2 N–H and O–H groups in total. The summed E-state index contributed by atoms with van der Waals surface area (Å²) in [7, 11) is 1.60. The highest BCUT2D eigenvalue weighted by Crippen LogP contribution is 2.22. The van der Waals surface area contributed by atoms with Gasteiger partial charge in [0, 0.05) is 32.0 Å². The number of hydrogen-bond acceptors (Lipinski definition) is 4. The highest BCUT2D eigenvalue weighted by atomic mass is 16.5. The topological polar surface area (TPSA) is 84.9 Å². The molecule has 0 spiro atoms. The molecule has 2 rings (SSSR count). The minimum absolute atomic E-state index is 0.245. The third kappa shape index (κ3) is 4.22. The van der Waals surface area contributed by atoms with Crippen molar-refractivity contribution in [3.05, 3.63) is 29.8 Å². The second-order valence-corrected chi connectivity index (χ2v) is 5.94. The number of carbonyl (C=O) groups is 2. The first kappa shape index (κ1) is 17.3. The molecule has 6 heteroatoms. The van der Waals surface area contributed by atoms with Crippen molar-refractivity contribution in [3.8, 4) is 5.75 Å². The molecule has 1 aliphatic heterocycles. The van der Waals surface area contributed by atoms with Crippen molar-refractivity contribution in [2.24, 2.45) is 5.92 Å². The SMILES string of the molecule is COc1ccc(CC(C)C(=O)NC2(C(=O)O)CCOCC2)cc1. The summed E-state index contributed by atoms with van der Waals surface area (Å²) in [6.07, 6.45) is 1.13. The highest BCUT2D eigenvalue weighted by Gasteiger charge is 2.42. The maximum Gasteiger partial charge on any atom is 0.329 e. The van der Waals surface area contributed by atoms with Gasteiger partial charge in [0.2, 0.25) is 5.91 Å². The van der Waals surface area contributed by atoms with Gasteiger partial charge in [-0.25, -0.2) is 4.79 Å². The van der Waals surface area contributed by atoms with E-state index in [9.17, 15) is 14.7 Å². The molecule has 0 radical (unpaired) electrons. The average molecular weight is 321 g/mol. The number of rotatable bonds is 6. The van der Waals surface area contributed by atoms with Crippen molar-refractivity contribution in [3.63, 3.8) is 0 Å². The molecule has 1 heterocycles. The summed E-state index contributed by atoms with van der Waals surface area (Å²) >= 11 is 0. The predicted octanol–water partition coefficient (Wildman–Crippen LogP) is 1.62. The molecule has 0 aromatic heterocycles. The molecule has 1 saturated heterocycles. The van der Waals surface area contributed by atoms with Crippen LogP contribution in [0.25, 0.3) is 0 Å². The van der Waals surface area contributed by atoms with Gasteiger partial charge in [0.15, 0.2) is 0 Å². The first-order valence-corrected chi connectivity index (χ1v) is 7.73. The van der Waals surface area contributed by atoms with Gasteiger partial charge < -0.3 is 19.9 Å². The number of amides is 1. The number of aliphatic carboxylic acids is 1. The van der Waals surface area contributed by atoms with Crippen LogP contribution >= 0.6 is 0 Å². The van der Waals surface area contributed by atoms with Crippen molar-refractivity contribution >= 4 is 11.9 Å². The van der Waals surface area contributed by atoms with Crippen LogP contribution in [0.1, 0.15) is 25.3 Å². The van der Waals surface area contributed by atoms with E-state index in [4.69, 9.17) is 9.47 Å². The number of hydrogen-bond donors (Lipinski definition) is 2. The Hall–Kier alpha value is -2.08. The van der Waals surface area contributed by atoms with E-state index in [0.29, 0.717) is 32.5 Å². The van der Waals surface area contributed by atoms with Crippen molar-refractivity contribution in [1.29, 1.82) is 0 Å². The predicted molar refractivity (Wildman–Crippen MR) is 84.4 cm³/mol. The molecule has 1 aliphatic rings. The fourth-order valence-electron chi connectivity index (χ4n) is 2.68. The van der Waals surface area contributed by atoms with Crippen LogP contribution in [0.4, 0.5) is 0 Å². The normalized spacial score (nSPS) is 18.0. The first-order valence-electron chi connectivity index (χ1n) is 7.73. The molecule has 0 bridgehead atoms. The highest BCUT2D eigenvalue weighted by molar-refractivity contribution is 5.88. The molecular formula is C17H23NO5. The number of ether oxygens (including phenoxy) is 2. The Balaban J connectivity index is 1.99. The maximum atomic E-state index is 12.4. The molecule has 1 atom stereocenters. The Kier molecular flexibility index (Phi) is 5.60. The summed E-state index contributed by atoms with van der Waals surface area (Å²) in [5.41, 5.74) is -0.200. The van der Waals surface area contributed by atoms with E-state index in [0.717, 1.165) is 11.3 Å². The fourth-order valence-corrected chi connectivity index (χ4v) is 2.68. The molecule has 0 aliphatic carbocycles. The van der Waals surface area contributed by atoms with Gasteiger partial charge in [0.1, 0.15) is 11.3 Å². The van der Waals surface area contributed by atoms with E-state index in [-0.39, 0.29) is 11.8 Å². The summed E-state index contributed by atoms with van der Waals surface area (Å²) in [6, 6.07) is 7.50. The Labute approximate surface area is 135 Å². The first-order chi connectivity index (χ1) is 11.0. The molecule has 1 amide bonds. The Bertz CT molecular complexity index is 549. The van der Waals surface area contributed by atoms with Gasteiger partial charge in [0.25, 0.3) is 0 Å². The van der Waals surface area contributed by atoms with E-state index in [1.165, 1.54) is 0 Å². The van der Waals surface area contributed by atoms with E-state index in [1.807, 2.05) is 24.3 Å². The zero-order valence-corrected chi connectivity index (χ0v) is 13.5. The molecule has 1 aromatic carbocycles.